The predicted octanol–water partition coefficient (Wildman–Crippen LogP) is 3.33. The molecule has 0 spiro atoms. The number of benzene rings is 1. The maximum atomic E-state index is 12.8. The van der Waals surface area contributed by atoms with Crippen molar-refractivity contribution in [1.29, 1.82) is 0 Å². The Balaban J connectivity index is 1.23. The summed E-state index contributed by atoms with van der Waals surface area (Å²) in [6.45, 7) is 2.27. The van der Waals surface area contributed by atoms with Crippen LogP contribution >= 0.6 is 0 Å². The third kappa shape index (κ3) is 3.83. The largest absolute Gasteiger partial charge is 0.493 e. The molecule has 1 fully saturated rings. The molecule has 1 amide bonds. The molecule has 0 aliphatic carbocycles. The highest BCUT2D eigenvalue weighted by molar-refractivity contribution is 5.92. The first-order chi connectivity index (χ1) is 14.8. The van der Waals surface area contributed by atoms with E-state index in [1.54, 1.807) is 18.5 Å². The lowest BCUT2D eigenvalue weighted by Crippen LogP contribution is -2.39. The fourth-order valence-electron chi connectivity index (χ4n) is 4.04. The van der Waals surface area contributed by atoms with Crippen LogP contribution in [0.1, 0.15) is 18.4 Å². The van der Waals surface area contributed by atoms with Crippen LogP contribution in [0.5, 0.6) is 5.75 Å². The number of carbonyl (C=O) groups is 1. The molecular formula is C23H23N5O2. The highest BCUT2D eigenvalue weighted by Gasteiger charge is 2.26. The Labute approximate surface area is 175 Å². The topological polar surface area (TPSA) is 80.2 Å². The zero-order chi connectivity index (χ0) is 20.3. The van der Waals surface area contributed by atoms with Gasteiger partial charge in [0, 0.05) is 43.4 Å². The van der Waals surface area contributed by atoms with Gasteiger partial charge in [-0.25, -0.2) is 15.0 Å². The number of hydrogen-bond donors (Lipinski definition) is 1. The summed E-state index contributed by atoms with van der Waals surface area (Å²) >= 11 is 0. The Hall–Kier alpha value is -3.48. The third-order valence-corrected chi connectivity index (χ3v) is 5.69. The highest BCUT2D eigenvalue weighted by Crippen LogP contribution is 2.30. The molecule has 0 atom stereocenters. The molecule has 7 heteroatoms. The fraction of sp³-hybridized carbons (Fsp3) is 0.304. The van der Waals surface area contributed by atoms with Crippen LogP contribution in [0, 0.1) is 5.92 Å². The maximum absolute atomic E-state index is 12.8. The summed E-state index contributed by atoms with van der Waals surface area (Å²) in [5, 5.41) is 3.00. The molecule has 152 valence electrons. The molecule has 2 aliphatic rings. The van der Waals surface area contributed by atoms with E-state index < -0.39 is 0 Å². The van der Waals surface area contributed by atoms with Crippen molar-refractivity contribution in [1.82, 2.24) is 15.0 Å². The van der Waals surface area contributed by atoms with Gasteiger partial charge in [-0.15, -0.1) is 0 Å². The molecule has 0 radical (unpaired) electrons. The average molecular weight is 401 g/mol. The Kier molecular flexibility index (Phi) is 5.01. The zero-order valence-electron chi connectivity index (χ0n) is 16.6. The second kappa shape index (κ2) is 8.10. The number of amides is 1. The second-order valence-electron chi connectivity index (χ2n) is 7.63. The minimum Gasteiger partial charge on any atom is -0.493 e. The summed E-state index contributed by atoms with van der Waals surface area (Å²) in [5.41, 5.74) is 3.09. The number of aromatic nitrogens is 3. The van der Waals surface area contributed by atoms with Crippen molar-refractivity contribution >= 4 is 17.7 Å². The van der Waals surface area contributed by atoms with E-state index >= 15 is 0 Å². The van der Waals surface area contributed by atoms with Crippen molar-refractivity contribution in [2.45, 2.75) is 19.3 Å². The van der Waals surface area contributed by atoms with Gasteiger partial charge in [0.1, 0.15) is 11.6 Å². The summed E-state index contributed by atoms with van der Waals surface area (Å²) in [5.74, 6) is 2.26. The van der Waals surface area contributed by atoms with Crippen LogP contribution in [-0.4, -0.2) is 40.6 Å². The van der Waals surface area contributed by atoms with Gasteiger partial charge < -0.3 is 15.0 Å². The van der Waals surface area contributed by atoms with Gasteiger partial charge in [-0.1, -0.05) is 6.07 Å². The fourth-order valence-corrected chi connectivity index (χ4v) is 4.04. The van der Waals surface area contributed by atoms with Crippen molar-refractivity contribution in [3.8, 4) is 17.0 Å². The summed E-state index contributed by atoms with van der Waals surface area (Å²) in [6, 6.07) is 13.7. The van der Waals surface area contributed by atoms with Crippen LogP contribution in [0.15, 0.2) is 54.9 Å². The Morgan fingerprint density at radius 1 is 1.07 bits per heavy atom. The average Bonchev–Trinajstić information content (AvgIpc) is 3.28. The van der Waals surface area contributed by atoms with Crippen LogP contribution in [0.4, 0.5) is 11.8 Å². The molecule has 0 bridgehead atoms. The molecule has 2 aromatic heterocycles. The third-order valence-electron chi connectivity index (χ3n) is 5.69. The predicted molar refractivity (Wildman–Crippen MR) is 114 cm³/mol. The van der Waals surface area contributed by atoms with Gasteiger partial charge in [0.05, 0.1) is 12.3 Å². The molecular weight excluding hydrogens is 378 g/mol. The SMILES string of the molecule is O=C(Nc1cccc(-c2ccc3c(c2)CCO3)n1)C1CCN(c2ncccn2)CC1. The minimum atomic E-state index is -0.0347. The number of hydrogen-bond acceptors (Lipinski definition) is 6. The number of carbonyl (C=O) groups excluding carboxylic acids is 1. The van der Waals surface area contributed by atoms with Gasteiger partial charge >= 0.3 is 0 Å². The van der Waals surface area contributed by atoms with Crippen LogP contribution in [-0.2, 0) is 11.2 Å². The number of nitrogens with zero attached hydrogens (tertiary/aromatic N) is 4. The lowest BCUT2D eigenvalue weighted by Gasteiger charge is -2.31. The van der Waals surface area contributed by atoms with E-state index in [1.165, 1.54) is 5.56 Å². The lowest BCUT2D eigenvalue weighted by molar-refractivity contribution is -0.120. The number of ether oxygens (including phenoxy) is 1. The number of rotatable bonds is 4. The van der Waals surface area contributed by atoms with Crippen LogP contribution in [0.3, 0.4) is 0 Å². The van der Waals surface area contributed by atoms with E-state index in [9.17, 15) is 4.79 Å². The Morgan fingerprint density at radius 2 is 1.90 bits per heavy atom. The van der Waals surface area contributed by atoms with Gasteiger partial charge in [-0.2, -0.15) is 0 Å². The highest BCUT2D eigenvalue weighted by atomic mass is 16.5. The smallest absolute Gasteiger partial charge is 0.228 e. The molecule has 4 heterocycles. The van der Waals surface area contributed by atoms with Gasteiger partial charge in [0.2, 0.25) is 11.9 Å². The first-order valence-electron chi connectivity index (χ1n) is 10.3. The molecule has 5 rings (SSSR count). The van der Waals surface area contributed by atoms with Gasteiger partial charge in [0.15, 0.2) is 0 Å². The molecule has 3 aromatic rings. The van der Waals surface area contributed by atoms with E-state index in [0.717, 1.165) is 61.9 Å². The second-order valence-corrected chi connectivity index (χ2v) is 7.63. The van der Waals surface area contributed by atoms with Crippen molar-refractivity contribution in [3.63, 3.8) is 0 Å². The molecule has 0 saturated carbocycles. The van der Waals surface area contributed by atoms with Crippen molar-refractivity contribution < 1.29 is 9.53 Å². The summed E-state index contributed by atoms with van der Waals surface area (Å²) in [4.78, 5) is 28.2. The van der Waals surface area contributed by atoms with E-state index in [4.69, 9.17) is 4.74 Å². The quantitative estimate of drug-likeness (QED) is 0.722. The minimum absolute atomic E-state index is 0.0237. The number of fused-ring (bicyclic) bond motifs is 1. The number of piperidine rings is 1. The monoisotopic (exact) mass is 401 g/mol. The van der Waals surface area contributed by atoms with Gasteiger partial charge in [-0.05, 0) is 54.8 Å². The number of pyridine rings is 1. The Morgan fingerprint density at radius 3 is 2.73 bits per heavy atom. The molecule has 1 aromatic carbocycles. The van der Waals surface area contributed by atoms with Crippen molar-refractivity contribution in [3.05, 3.63) is 60.4 Å². The van der Waals surface area contributed by atoms with E-state index in [0.29, 0.717) is 5.82 Å². The molecule has 1 saturated heterocycles. The van der Waals surface area contributed by atoms with Crippen LogP contribution < -0.4 is 15.0 Å². The standard InChI is InChI=1S/C23H23N5O2/c29-22(16-7-12-28(13-8-16)23-24-10-2-11-25-23)27-21-4-1-3-19(26-21)17-5-6-20-18(15-17)9-14-30-20/h1-6,10-11,15-16H,7-9,12-14H2,(H,26,27,29). The maximum Gasteiger partial charge on any atom is 0.228 e. The molecule has 30 heavy (non-hydrogen) atoms. The van der Waals surface area contributed by atoms with Crippen molar-refractivity contribution in [2.24, 2.45) is 5.92 Å². The van der Waals surface area contributed by atoms with E-state index in [1.807, 2.05) is 30.3 Å². The molecule has 0 unspecified atom stereocenters. The summed E-state index contributed by atoms with van der Waals surface area (Å²) in [6.07, 6.45) is 5.96. The first kappa shape index (κ1) is 18.5. The van der Waals surface area contributed by atoms with E-state index in [2.05, 4.69) is 31.2 Å². The molecule has 1 N–H and O–H groups in total. The van der Waals surface area contributed by atoms with Crippen LogP contribution in [0.25, 0.3) is 11.3 Å². The lowest BCUT2D eigenvalue weighted by atomic mass is 9.96. The van der Waals surface area contributed by atoms with Crippen LogP contribution in [0.2, 0.25) is 0 Å². The summed E-state index contributed by atoms with van der Waals surface area (Å²) in [7, 11) is 0. The summed E-state index contributed by atoms with van der Waals surface area (Å²) < 4.78 is 5.58. The first-order valence-corrected chi connectivity index (χ1v) is 10.3. The molecule has 2 aliphatic heterocycles. The van der Waals surface area contributed by atoms with Gasteiger partial charge in [0.25, 0.3) is 0 Å². The Bertz CT molecular complexity index is 1050. The molecule has 7 nitrogen and oxygen atoms in total. The van der Waals surface area contributed by atoms with Crippen molar-refractivity contribution in [2.75, 3.05) is 29.9 Å². The number of anilines is 2. The van der Waals surface area contributed by atoms with Gasteiger partial charge in [-0.3, -0.25) is 4.79 Å². The normalized spacial score (nSPS) is 16.1. The number of nitrogens with one attached hydrogen (secondary N) is 1. The zero-order valence-corrected chi connectivity index (χ0v) is 16.6. The van der Waals surface area contributed by atoms with E-state index in [-0.39, 0.29) is 11.8 Å².